The predicted molar refractivity (Wildman–Crippen MR) is 129 cm³/mol. The summed E-state index contributed by atoms with van der Waals surface area (Å²) in [5, 5.41) is 26.0. The SMILES string of the molecule is CC(C)CC(N)C(=O)NC(CC(C)C)C(=O)NC(CCC(=O)O)C(=O)NC(Cc1cnc[nH]1)C(=O)O. The van der Waals surface area contributed by atoms with Crippen LogP contribution < -0.4 is 21.7 Å². The van der Waals surface area contributed by atoms with Gasteiger partial charge in [-0.2, -0.15) is 0 Å². The standard InChI is InChI=1S/C23H38N6O7/c1-12(2)7-15(24)20(32)28-17(8-13(3)4)22(34)27-16(5-6-19(30)31)21(33)29-18(23(35)36)9-14-10-25-11-26-14/h10-13,15-18H,5-9,24H2,1-4H3,(H,25,26)(H,27,34)(H,28,32)(H,29,33)(H,30,31)(H,35,36). The van der Waals surface area contributed by atoms with Gasteiger partial charge in [-0.15, -0.1) is 0 Å². The molecule has 36 heavy (non-hydrogen) atoms. The smallest absolute Gasteiger partial charge is 0.326 e. The van der Waals surface area contributed by atoms with Gasteiger partial charge in [0.1, 0.15) is 18.1 Å². The number of aliphatic carboxylic acids is 2. The summed E-state index contributed by atoms with van der Waals surface area (Å²) in [7, 11) is 0. The van der Waals surface area contributed by atoms with E-state index in [2.05, 4.69) is 25.9 Å². The van der Waals surface area contributed by atoms with Crippen LogP contribution >= 0.6 is 0 Å². The van der Waals surface area contributed by atoms with Crippen molar-refractivity contribution in [3.05, 3.63) is 18.2 Å². The first-order valence-corrected chi connectivity index (χ1v) is 11.9. The fourth-order valence-electron chi connectivity index (χ4n) is 3.49. The summed E-state index contributed by atoms with van der Waals surface area (Å²) in [5.74, 6) is -4.41. The van der Waals surface area contributed by atoms with Crippen molar-refractivity contribution in [3.63, 3.8) is 0 Å². The second-order valence-electron chi connectivity index (χ2n) is 9.60. The lowest BCUT2D eigenvalue weighted by molar-refractivity contribution is -0.143. The molecule has 0 aliphatic heterocycles. The number of aromatic nitrogens is 2. The Labute approximate surface area is 210 Å². The van der Waals surface area contributed by atoms with Crippen molar-refractivity contribution in [2.75, 3.05) is 0 Å². The van der Waals surface area contributed by atoms with Crippen LogP contribution in [0.25, 0.3) is 0 Å². The number of nitrogens with zero attached hydrogens (tertiary/aromatic N) is 1. The number of H-pyrrole nitrogens is 1. The quantitative estimate of drug-likeness (QED) is 0.156. The molecule has 13 heteroatoms. The second kappa shape index (κ2) is 14.8. The molecule has 0 radical (unpaired) electrons. The summed E-state index contributed by atoms with van der Waals surface area (Å²) in [6.07, 6.45) is 2.61. The molecule has 0 spiro atoms. The van der Waals surface area contributed by atoms with E-state index in [0.29, 0.717) is 12.1 Å². The number of carbonyl (C=O) groups is 5. The second-order valence-corrected chi connectivity index (χ2v) is 9.60. The molecule has 4 unspecified atom stereocenters. The zero-order valence-electron chi connectivity index (χ0n) is 21.1. The van der Waals surface area contributed by atoms with Crippen LogP contribution in [0.15, 0.2) is 12.5 Å². The predicted octanol–water partition coefficient (Wildman–Crippen LogP) is -0.224. The number of imidazole rings is 1. The maximum atomic E-state index is 13.1. The van der Waals surface area contributed by atoms with Gasteiger partial charge in [0, 0.05) is 24.7 Å². The molecule has 13 nitrogen and oxygen atoms in total. The van der Waals surface area contributed by atoms with Crippen LogP contribution in [0, 0.1) is 11.8 Å². The van der Waals surface area contributed by atoms with Crippen LogP contribution in [-0.4, -0.2) is 74.0 Å². The number of hydrogen-bond acceptors (Lipinski definition) is 7. The van der Waals surface area contributed by atoms with E-state index in [1.807, 2.05) is 27.7 Å². The molecule has 8 N–H and O–H groups in total. The van der Waals surface area contributed by atoms with Gasteiger partial charge >= 0.3 is 11.9 Å². The Bertz CT molecular complexity index is 888. The molecule has 4 atom stereocenters. The van der Waals surface area contributed by atoms with E-state index in [-0.39, 0.29) is 31.1 Å². The van der Waals surface area contributed by atoms with Gasteiger partial charge in [-0.3, -0.25) is 19.2 Å². The summed E-state index contributed by atoms with van der Waals surface area (Å²) >= 11 is 0. The minimum absolute atomic E-state index is 0.000495. The van der Waals surface area contributed by atoms with Crippen molar-refractivity contribution >= 4 is 29.7 Å². The van der Waals surface area contributed by atoms with Gasteiger partial charge in [0.05, 0.1) is 12.4 Å². The molecule has 1 heterocycles. The summed E-state index contributed by atoms with van der Waals surface area (Å²) in [5.41, 5.74) is 6.39. The van der Waals surface area contributed by atoms with E-state index in [1.54, 1.807) is 0 Å². The number of nitrogens with one attached hydrogen (secondary N) is 4. The zero-order valence-corrected chi connectivity index (χ0v) is 21.1. The van der Waals surface area contributed by atoms with Gasteiger partial charge in [-0.1, -0.05) is 27.7 Å². The van der Waals surface area contributed by atoms with Crippen LogP contribution in [0.5, 0.6) is 0 Å². The molecule has 1 rings (SSSR count). The van der Waals surface area contributed by atoms with Crippen LogP contribution in [0.4, 0.5) is 0 Å². The van der Waals surface area contributed by atoms with E-state index in [4.69, 9.17) is 10.8 Å². The minimum Gasteiger partial charge on any atom is -0.481 e. The van der Waals surface area contributed by atoms with E-state index in [9.17, 15) is 29.1 Å². The van der Waals surface area contributed by atoms with Crippen molar-refractivity contribution in [1.29, 1.82) is 0 Å². The van der Waals surface area contributed by atoms with Crippen molar-refractivity contribution < 1.29 is 34.2 Å². The van der Waals surface area contributed by atoms with E-state index < -0.39 is 60.2 Å². The number of carboxylic acids is 2. The fraction of sp³-hybridized carbons (Fsp3) is 0.652. The Balaban J connectivity index is 3.01. The first-order valence-electron chi connectivity index (χ1n) is 11.9. The minimum atomic E-state index is -1.35. The normalized spacial score (nSPS) is 14.5. The number of nitrogens with two attached hydrogens (primary N) is 1. The molecule has 0 fully saturated rings. The van der Waals surface area contributed by atoms with Gasteiger partial charge < -0.3 is 36.9 Å². The Morgan fingerprint density at radius 2 is 1.44 bits per heavy atom. The highest BCUT2D eigenvalue weighted by Gasteiger charge is 2.31. The highest BCUT2D eigenvalue weighted by Crippen LogP contribution is 2.09. The molecule has 0 aromatic carbocycles. The molecule has 3 amide bonds. The number of carboxylic acid groups (broad SMARTS) is 2. The van der Waals surface area contributed by atoms with Crippen molar-refractivity contribution in [1.82, 2.24) is 25.9 Å². The lowest BCUT2D eigenvalue weighted by Gasteiger charge is -2.26. The summed E-state index contributed by atoms with van der Waals surface area (Å²) in [6.45, 7) is 7.52. The summed E-state index contributed by atoms with van der Waals surface area (Å²) < 4.78 is 0. The van der Waals surface area contributed by atoms with E-state index in [1.165, 1.54) is 12.5 Å². The maximum Gasteiger partial charge on any atom is 0.326 e. The highest BCUT2D eigenvalue weighted by molar-refractivity contribution is 5.94. The van der Waals surface area contributed by atoms with Crippen LogP contribution in [0.3, 0.4) is 0 Å². The number of amides is 3. The molecule has 0 saturated heterocycles. The third kappa shape index (κ3) is 11.3. The van der Waals surface area contributed by atoms with Gasteiger partial charge in [0.2, 0.25) is 17.7 Å². The van der Waals surface area contributed by atoms with Crippen LogP contribution in [0.2, 0.25) is 0 Å². The van der Waals surface area contributed by atoms with Gasteiger partial charge in [-0.05, 0) is 31.1 Å². The molecule has 0 aliphatic carbocycles. The van der Waals surface area contributed by atoms with Crippen molar-refractivity contribution in [2.45, 2.75) is 84.0 Å². The number of rotatable bonds is 16. The molecule has 0 aliphatic rings. The number of hydrogen-bond donors (Lipinski definition) is 7. The highest BCUT2D eigenvalue weighted by atomic mass is 16.4. The summed E-state index contributed by atoms with van der Waals surface area (Å²) in [6, 6.07) is -4.52. The topological polar surface area (TPSA) is 217 Å². The monoisotopic (exact) mass is 510 g/mol. The zero-order chi connectivity index (χ0) is 27.4. The Morgan fingerprint density at radius 1 is 0.889 bits per heavy atom. The molecule has 0 bridgehead atoms. The maximum absolute atomic E-state index is 13.1. The molecule has 1 aromatic heterocycles. The molecular formula is C23H38N6O7. The van der Waals surface area contributed by atoms with Crippen molar-refractivity contribution in [2.24, 2.45) is 17.6 Å². The molecular weight excluding hydrogens is 472 g/mol. The van der Waals surface area contributed by atoms with Gasteiger partial charge in [0.15, 0.2) is 0 Å². The first-order chi connectivity index (χ1) is 16.8. The van der Waals surface area contributed by atoms with Crippen molar-refractivity contribution in [3.8, 4) is 0 Å². The van der Waals surface area contributed by atoms with Gasteiger partial charge in [-0.25, -0.2) is 9.78 Å². The lowest BCUT2D eigenvalue weighted by atomic mass is 10.00. The average Bonchev–Trinajstić information content (AvgIpc) is 3.27. The Morgan fingerprint density at radius 3 is 1.94 bits per heavy atom. The van der Waals surface area contributed by atoms with Crippen LogP contribution in [0.1, 0.15) is 59.1 Å². The van der Waals surface area contributed by atoms with Gasteiger partial charge in [0.25, 0.3) is 0 Å². The largest absolute Gasteiger partial charge is 0.481 e. The average molecular weight is 511 g/mol. The molecule has 1 aromatic rings. The number of aromatic amines is 1. The third-order valence-corrected chi connectivity index (χ3v) is 5.28. The van der Waals surface area contributed by atoms with Crippen LogP contribution in [-0.2, 0) is 30.4 Å². The number of carbonyl (C=O) groups excluding carboxylic acids is 3. The fourth-order valence-corrected chi connectivity index (χ4v) is 3.49. The third-order valence-electron chi connectivity index (χ3n) is 5.28. The summed E-state index contributed by atoms with van der Waals surface area (Å²) in [4.78, 5) is 67.9. The molecule has 202 valence electrons. The lowest BCUT2D eigenvalue weighted by Crippen LogP contribution is -2.57. The molecule has 0 saturated carbocycles. The Kier molecular flexibility index (Phi) is 12.6. The van der Waals surface area contributed by atoms with E-state index >= 15 is 0 Å². The first kappa shape index (κ1) is 30.6. The Hall–Kier alpha value is -3.48. The van der Waals surface area contributed by atoms with E-state index in [0.717, 1.165) is 0 Å².